The zero-order valence-electron chi connectivity index (χ0n) is 10.8. The standard InChI is InChI=1S/C14H14N6/c1-2-5-12-11(4-1)19-10-13(20-12)15-8-9-18-14-16-6-3-7-17-14/h1-7,10H,8-9H2,(H,15,20)(H,16,17,18). The normalized spacial score (nSPS) is 10.4. The van der Waals surface area contributed by atoms with Gasteiger partial charge < -0.3 is 10.6 Å². The molecule has 2 N–H and O–H groups in total. The van der Waals surface area contributed by atoms with Gasteiger partial charge in [-0.3, -0.25) is 4.98 Å². The zero-order valence-corrected chi connectivity index (χ0v) is 10.8. The van der Waals surface area contributed by atoms with Gasteiger partial charge in [-0.05, 0) is 18.2 Å². The molecule has 20 heavy (non-hydrogen) atoms. The molecule has 0 atom stereocenters. The van der Waals surface area contributed by atoms with Gasteiger partial charge in [0.1, 0.15) is 5.82 Å². The summed E-state index contributed by atoms with van der Waals surface area (Å²) < 4.78 is 0. The lowest BCUT2D eigenvalue weighted by atomic mass is 10.3. The average Bonchev–Trinajstić information content (AvgIpc) is 2.52. The number of aromatic nitrogens is 4. The predicted octanol–water partition coefficient (Wildman–Crippen LogP) is 1.94. The highest BCUT2D eigenvalue weighted by Gasteiger charge is 1.98. The van der Waals surface area contributed by atoms with Gasteiger partial charge in [0.15, 0.2) is 0 Å². The van der Waals surface area contributed by atoms with Gasteiger partial charge >= 0.3 is 0 Å². The molecule has 3 rings (SSSR count). The highest BCUT2D eigenvalue weighted by Crippen LogP contribution is 2.10. The number of para-hydroxylation sites is 2. The molecule has 6 nitrogen and oxygen atoms in total. The second-order valence-corrected chi connectivity index (χ2v) is 4.17. The average molecular weight is 266 g/mol. The molecule has 6 heteroatoms. The van der Waals surface area contributed by atoms with Crippen LogP contribution in [0.1, 0.15) is 0 Å². The van der Waals surface area contributed by atoms with Crippen LogP contribution in [0.4, 0.5) is 11.8 Å². The Kier molecular flexibility index (Phi) is 3.64. The van der Waals surface area contributed by atoms with Crippen LogP contribution in [0.15, 0.2) is 48.9 Å². The van der Waals surface area contributed by atoms with Crippen molar-refractivity contribution in [3.8, 4) is 0 Å². The van der Waals surface area contributed by atoms with Crippen molar-refractivity contribution in [2.75, 3.05) is 23.7 Å². The number of nitrogens with zero attached hydrogens (tertiary/aromatic N) is 4. The van der Waals surface area contributed by atoms with Gasteiger partial charge in [0.25, 0.3) is 0 Å². The van der Waals surface area contributed by atoms with E-state index >= 15 is 0 Å². The highest BCUT2D eigenvalue weighted by molar-refractivity contribution is 5.75. The second kappa shape index (κ2) is 5.92. The van der Waals surface area contributed by atoms with Crippen molar-refractivity contribution in [1.29, 1.82) is 0 Å². The van der Waals surface area contributed by atoms with E-state index in [-0.39, 0.29) is 0 Å². The SMILES string of the molecule is c1cnc(NCCNc2cnc3ccccc3n2)nc1. The van der Waals surface area contributed by atoms with Crippen LogP contribution in [-0.4, -0.2) is 33.0 Å². The van der Waals surface area contributed by atoms with E-state index < -0.39 is 0 Å². The lowest BCUT2D eigenvalue weighted by Gasteiger charge is -2.07. The fourth-order valence-corrected chi connectivity index (χ4v) is 1.80. The number of fused-ring (bicyclic) bond motifs is 1. The molecule has 0 fully saturated rings. The largest absolute Gasteiger partial charge is 0.367 e. The molecule has 0 amide bonds. The first kappa shape index (κ1) is 12.3. The molecule has 0 bridgehead atoms. The van der Waals surface area contributed by atoms with Crippen LogP contribution in [0.5, 0.6) is 0 Å². The van der Waals surface area contributed by atoms with E-state index in [1.807, 2.05) is 24.3 Å². The maximum atomic E-state index is 4.49. The molecule has 1 aromatic carbocycles. The third-order valence-corrected chi connectivity index (χ3v) is 2.73. The maximum absolute atomic E-state index is 4.49. The Balaban J connectivity index is 1.55. The Hall–Kier alpha value is -2.76. The van der Waals surface area contributed by atoms with Crippen LogP contribution in [0.2, 0.25) is 0 Å². The summed E-state index contributed by atoms with van der Waals surface area (Å²) in [7, 11) is 0. The Labute approximate surface area is 116 Å². The summed E-state index contributed by atoms with van der Waals surface area (Å²) in [6.07, 6.45) is 5.15. The van der Waals surface area contributed by atoms with Gasteiger partial charge in [-0.2, -0.15) is 0 Å². The van der Waals surface area contributed by atoms with Gasteiger partial charge in [0, 0.05) is 25.5 Å². The topological polar surface area (TPSA) is 75.6 Å². The number of hydrogen-bond acceptors (Lipinski definition) is 6. The summed E-state index contributed by atoms with van der Waals surface area (Å²) in [4.78, 5) is 17.0. The van der Waals surface area contributed by atoms with E-state index in [9.17, 15) is 0 Å². The molecule has 0 aliphatic carbocycles. The molecule has 0 saturated heterocycles. The summed E-state index contributed by atoms with van der Waals surface area (Å²) in [6.45, 7) is 1.42. The molecular weight excluding hydrogens is 252 g/mol. The summed E-state index contributed by atoms with van der Waals surface area (Å²) >= 11 is 0. The van der Waals surface area contributed by atoms with Crippen molar-refractivity contribution < 1.29 is 0 Å². The van der Waals surface area contributed by atoms with Crippen LogP contribution in [0.3, 0.4) is 0 Å². The van der Waals surface area contributed by atoms with Crippen molar-refractivity contribution in [2.24, 2.45) is 0 Å². The smallest absolute Gasteiger partial charge is 0.222 e. The van der Waals surface area contributed by atoms with Gasteiger partial charge in [-0.25, -0.2) is 15.0 Å². The van der Waals surface area contributed by atoms with Gasteiger partial charge in [-0.15, -0.1) is 0 Å². The van der Waals surface area contributed by atoms with Crippen LogP contribution in [-0.2, 0) is 0 Å². The van der Waals surface area contributed by atoms with Crippen molar-refractivity contribution >= 4 is 22.8 Å². The monoisotopic (exact) mass is 266 g/mol. The molecule has 3 aromatic rings. The van der Waals surface area contributed by atoms with E-state index in [1.54, 1.807) is 24.7 Å². The minimum atomic E-state index is 0.624. The van der Waals surface area contributed by atoms with Crippen LogP contribution in [0.25, 0.3) is 11.0 Å². The summed E-state index contributed by atoms with van der Waals surface area (Å²) in [5.74, 6) is 1.39. The fraction of sp³-hybridized carbons (Fsp3) is 0.143. The lowest BCUT2D eigenvalue weighted by Crippen LogP contribution is -2.15. The van der Waals surface area contributed by atoms with Gasteiger partial charge in [0.05, 0.1) is 17.2 Å². The number of anilines is 2. The number of benzene rings is 1. The zero-order chi connectivity index (χ0) is 13.6. The molecule has 0 saturated carbocycles. The lowest BCUT2D eigenvalue weighted by molar-refractivity contribution is 1.02. The Morgan fingerprint density at radius 2 is 1.55 bits per heavy atom. The van der Waals surface area contributed by atoms with E-state index in [2.05, 4.69) is 30.6 Å². The first-order chi connectivity index (χ1) is 9.92. The molecule has 100 valence electrons. The summed E-state index contributed by atoms with van der Waals surface area (Å²) in [6, 6.07) is 9.58. The molecular formula is C14H14N6. The molecule has 2 heterocycles. The first-order valence-corrected chi connectivity index (χ1v) is 6.38. The third-order valence-electron chi connectivity index (χ3n) is 2.73. The van der Waals surface area contributed by atoms with Crippen molar-refractivity contribution in [2.45, 2.75) is 0 Å². The Bertz CT molecular complexity index is 685. The predicted molar refractivity (Wildman–Crippen MR) is 78.5 cm³/mol. The van der Waals surface area contributed by atoms with Crippen LogP contribution < -0.4 is 10.6 Å². The summed E-state index contributed by atoms with van der Waals surface area (Å²) in [5.41, 5.74) is 1.78. The summed E-state index contributed by atoms with van der Waals surface area (Å²) in [5, 5.41) is 6.33. The van der Waals surface area contributed by atoms with E-state index in [0.717, 1.165) is 16.9 Å². The molecule has 0 aliphatic heterocycles. The molecule has 0 spiro atoms. The first-order valence-electron chi connectivity index (χ1n) is 6.38. The van der Waals surface area contributed by atoms with Crippen molar-refractivity contribution in [1.82, 2.24) is 19.9 Å². The maximum Gasteiger partial charge on any atom is 0.222 e. The molecule has 2 aromatic heterocycles. The molecule has 0 aliphatic rings. The fourth-order valence-electron chi connectivity index (χ4n) is 1.80. The quantitative estimate of drug-likeness (QED) is 0.687. The third kappa shape index (κ3) is 2.97. The molecule has 0 unspecified atom stereocenters. The minimum absolute atomic E-state index is 0.624. The van der Waals surface area contributed by atoms with E-state index in [4.69, 9.17) is 0 Å². The van der Waals surface area contributed by atoms with E-state index in [1.165, 1.54) is 0 Å². The van der Waals surface area contributed by atoms with Crippen molar-refractivity contribution in [3.05, 3.63) is 48.9 Å². The number of nitrogens with one attached hydrogen (secondary N) is 2. The van der Waals surface area contributed by atoms with Crippen molar-refractivity contribution in [3.63, 3.8) is 0 Å². The number of hydrogen-bond donors (Lipinski definition) is 2. The van der Waals surface area contributed by atoms with Gasteiger partial charge in [0.2, 0.25) is 5.95 Å². The van der Waals surface area contributed by atoms with Gasteiger partial charge in [-0.1, -0.05) is 12.1 Å². The van der Waals surface area contributed by atoms with E-state index in [0.29, 0.717) is 19.0 Å². The number of rotatable bonds is 5. The van der Waals surface area contributed by atoms with Crippen LogP contribution >= 0.6 is 0 Å². The Morgan fingerprint density at radius 3 is 2.40 bits per heavy atom. The highest BCUT2D eigenvalue weighted by atomic mass is 15.1. The second-order valence-electron chi connectivity index (χ2n) is 4.17. The van der Waals surface area contributed by atoms with Crippen LogP contribution in [0, 0.1) is 0 Å². The minimum Gasteiger partial charge on any atom is -0.367 e. The molecule has 0 radical (unpaired) electrons. The Morgan fingerprint density at radius 1 is 0.800 bits per heavy atom.